The third-order valence-corrected chi connectivity index (χ3v) is 12.5. The first-order valence-corrected chi connectivity index (χ1v) is 16.6. The third kappa shape index (κ3) is 10.3. The number of nitrogens with zero attached hydrogens (tertiary/aromatic N) is 3. The van der Waals surface area contributed by atoms with E-state index in [-0.39, 0.29) is 41.7 Å². The molecule has 0 bridgehead atoms. The van der Waals surface area contributed by atoms with Gasteiger partial charge in [-0.1, -0.05) is 64.9 Å². The number of carbonyl (C=O) groups excluding carboxylic acids is 3. The van der Waals surface area contributed by atoms with Crippen LogP contribution in [0.1, 0.15) is 112 Å². The summed E-state index contributed by atoms with van der Waals surface area (Å²) in [7, 11) is -2.23. The molecule has 1 aliphatic carbocycles. The summed E-state index contributed by atoms with van der Waals surface area (Å²) in [4.78, 5) is 39.9. The van der Waals surface area contributed by atoms with Crippen molar-refractivity contribution in [2.24, 2.45) is 11.0 Å². The van der Waals surface area contributed by atoms with E-state index in [4.69, 9.17) is 9.16 Å². The Bertz CT molecular complexity index is 789. The van der Waals surface area contributed by atoms with Gasteiger partial charge in [-0.05, 0) is 55.3 Å². The van der Waals surface area contributed by atoms with Gasteiger partial charge in [0.2, 0.25) is 0 Å². The summed E-state index contributed by atoms with van der Waals surface area (Å²) in [6, 6.07) is 0. The topological polar surface area (TPSA) is 118 Å². The number of ketones is 2. The van der Waals surface area contributed by atoms with Crippen LogP contribution < -0.4 is 0 Å². The van der Waals surface area contributed by atoms with Crippen LogP contribution in [0.3, 0.4) is 0 Å². The Balaban J connectivity index is 3.23. The Morgan fingerprint density at radius 3 is 2.39 bits per heavy atom. The molecule has 0 aromatic heterocycles. The van der Waals surface area contributed by atoms with E-state index >= 15 is 0 Å². The molecule has 0 saturated heterocycles. The van der Waals surface area contributed by atoms with E-state index in [0.717, 1.165) is 44.9 Å². The molecule has 206 valence electrons. The quantitative estimate of drug-likeness (QED) is 0.0519. The molecule has 0 radical (unpaired) electrons. The van der Waals surface area contributed by atoms with Crippen molar-refractivity contribution >= 4 is 25.9 Å². The molecule has 0 unspecified atom stereocenters. The smallest absolute Gasteiger partial charge is 0.303 e. The zero-order valence-electron chi connectivity index (χ0n) is 23.7. The second-order valence-electron chi connectivity index (χ2n) is 11.9. The lowest BCUT2D eigenvalue weighted by Gasteiger charge is -2.48. The van der Waals surface area contributed by atoms with Crippen molar-refractivity contribution in [3.05, 3.63) is 10.4 Å². The molecule has 0 spiro atoms. The van der Waals surface area contributed by atoms with E-state index in [9.17, 15) is 19.9 Å². The lowest BCUT2D eigenvalue weighted by Crippen LogP contribution is -2.52. The lowest BCUT2D eigenvalue weighted by atomic mass is 9.67. The van der Waals surface area contributed by atoms with Crippen LogP contribution in [0.4, 0.5) is 0 Å². The van der Waals surface area contributed by atoms with Crippen LogP contribution >= 0.6 is 0 Å². The van der Waals surface area contributed by atoms with Gasteiger partial charge in [-0.2, -0.15) is 0 Å². The van der Waals surface area contributed by atoms with Gasteiger partial charge >= 0.3 is 5.97 Å². The number of azide groups is 1. The number of ether oxygens (including phenoxy) is 1. The second kappa shape index (κ2) is 14.9. The molecule has 36 heavy (non-hydrogen) atoms. The predicted octanol–water partition coefficient (Wildman–Crippen LogP) is 7.46. The second-order valence-corrected chi connectivity index (χ2v) is 16.7. The van der Waals surface area contributed by atoms with Crippen LogP contribution in [-0.4, -0.2) is 44.1 Å². The maximum absolute atomic E-state index is 13.1. The maximum atomic E-state index is 13.1. The predicted molar refractivity (Wildman–Crippen MR) is 145 cm³/mol. The molecule has 0 heterocycles. The number of hydrogen-bond acceptors (Lipinski definition) is 6. The van der Waals surface area contributed by atoms with E-state index in [1.165, 1.54) is 6.92 Å². The average Bonchev–Trinajstić information content (AvgIpc) is 2.78. The zero-order valence-corrected chi connectivity index (χ0v) is 24.7. The van der Waals surface area contributed by atoms with Crippen LogP contribution in [0.15, 0.2) is 5.11 Å². The fourth-order valence-electron chi connectivity index (χ4n) is 4.86. The molecule has 1 saturated carbocycles. The Morgan fingerprint density at radius 2 is 1.81 bits per heavy atom. The first kappa shape index (κ1) is 32.3. The zero-order chi connectivity index (χ0) is 27.4. The van der Waals surface area contributed by atoms with Crippen molar-refractivity contribution in [2.75, 3.05) is 6.61 Å². The Morgan fingerprint density at radius 1 is 1.11 bits per heavy atom. The van der Waals surface area contributed by atoms with E-state index < -0.39 is 19.8 Å². The van der Waals surface area contributed by atoms with Crippen molar-refractivity contribution in [3.63, 3.8) is 0 Å². The number of rotatable bonds is 16. The van der Waals surface area contributed by atoms with Gasteiger partial charge in [-0.3, -0.25) is 14.4 Å². The minimum absolute atomic E-state index is 0.0365. The first-order valence-electron chi connectivity index (χ1n) is 13.7. The summed E-state index contributed by atoms with van der Waals surface area (Å²) in [5, 5.41) is 4.28. The monoisotopic (exact) mass is 523 g/mol. The number of esters is 1. The van der Waals surface area contributed by atoms with Gasteiger partial charge in [-0.25, -0.2) is 0 Å². The lowest BCUT2D eigenvalue weighted by molar-refractivity contribution is -0.145. The Labute approximate surface area is 219 Å². The van der Waals surface area contributed by atoms with Crippen molar-refractivity contribution in [1.29, 1.82) is 0 Å². The summed E-state index contributed by atoms with van der Waals surface area (Å²) in [5.41, 5.74) is 8.74. The Kier molecular flexibility index (Phi) is 13.4. The molecular formula is C27H49N3O5Si. The first-order chi connectivity index (χ1) is 16.8. The Hall–Kier alpha value is -1.70. The molecule has 0 aromatic carbocycles. The summed E-state index contributed by atoms with van der Waals surface area (Å²) in [6.45, 7) is 14.1. The van der Waals surface area contributed by atoms with Gasteiger partial charge in [0.1, 0.15) is 12.4 Å². The van der Waals surface area contributed by atoms with E-state index in [0.29, 0.717) is 25.7 Å². The molecular weight excluding hydrogens is 474 g/mol. The molecule has 1 fully saturated rings. The van der Waals surface area contributed by atoms with Crippen molar-refractivity contribution < 1.29 is 23.5 Å². The molecule has 0 amide bonds. The van der Waals surface area contributed by atoms with Crippen LogP contribution in [-0.2, 0) is 23.5 Å². The summed E-state index contributed by atoms with van der Waals surface area (Å²) in [5.74, 6) is -0.640. The fourth-order valence-corrected chi connectivity index (χ4v) is 6.22. The molecule has 0 N–H and O–H groups in total. The summed E-state index contributed by atoms with van der Waals surface area (Å²) >= 11 is 0. The molecule has 8 nitrogen and oxygen atoms in total. The molecule has 1 aliphatic rings. The minimum Gasteiger partial charge on any atom is -0.458 e. The number of Topliss-reactive ketones (excluding diaryl/α,β-unsaturated/α-hetero) is 2. The minimum atomic E-state index is -2.23. The largest absolute Gasteiger partial charge is 0.458 e. The molecule has 1 rings (SSSR count). The maximum Gasteiger partial charge on any atom is 0.303 e. The van der Waals surface area contributed by atoms with Crippen LogP contribution in [0.2, 0.25) is 18.1 Å². The molecule has 0 aliphatic heterocycles. The van der Waals surface area contributed by atoms with Crippen LogP contribution in [0, 0.1) is 5.92 Å². The molecule has 9 heteroatoms. The highest BCUT2D eigenvalue weighted by Crippen LogP contribution is 2.47. The standard InChI is InChI=1S/C27H49N3O5Si/c1-8-9-10-11-14-22(32)19-25(35-36(6,7)26(3,4)5)24-15-12-13-17-27(24,29-30-28)18-16-23(33)20-34-21(2)31/h24-25H,8-20H2,1-7H3/t24-,25-,27-/m0/s1. The van der Waals surface area contributed by atoms with Gasteiger partial charge < -0.3 is 9.16 Å². The van der Waals surface area contributed by atoms with Crippen LogP contribution in [0.5, 0.6) is 0 Å². The normalized spacial score (nSPS) is 21.4. The number of carbonyl (C=O) groups is 3. The van der Waals surface area contributed by atoms with E-state index in [1.54, 1.807) is 0 Å². The van der Waals surface area contributed by atoms with Crippen molar-refractivity contribution in [3.8, 4) is 0 Å². The van der Waals surface area contributed by atoms with Gasteiger partial charge in [0, 0.05) is 31.1 Å². The number of unbranched alkanes of at least 4 members (excludes halogenated alkanes) is 3. The van der Waals surface area contributed by atoms with Gasteiger partial charge in [0.15, 0.2) is 14.1 Å². The van der Waals surface area contributed by atoms with E-state index in [2.05, 4.69) is 50.8 Å². The van der Waals surface area contributed by atoms with Crippen molar-refractivity contribution in [2.45, 2.75) is 141 Å². The molecule has 3 atom stereocenters. The molecule has 0 aromatic rings. The SMILES string of the molecule is CCCCCCC(=O)C[C@H](O[Si](C)(C)C(C)(C)C)[C@@H]1CCCC[C@@]1(CCC(=O)COC(C)=O)N=[N+]=[N-]. The summed E-state index contributed by atoms with van der Waals surface area (Å²) in [6.07, 6.45) is 8.52. The van der Waals surface area contributed by atoms with E-state index in [1.807, 2.05) is 0 Å². The highest BCUT2D eigenvalue weighted by molar-refractivity contribution is 6.74. The fraction of sp³-hybridized carbons (Fsp3) is 0.889. The average molecular weight is 524 g/mol. The highest BCUT2D eigenvalue weighted by atomic mass is 28.4. The van der Waals surface area contributed by atoms with Gasteiger partial charge in [0.25, 0.3) is 0 Å². The van der Waals surface area contributed by atoms with Crippen LogP contribution in [0.25, 0.3) is 10.4 Å². The summed E-state index contributed by atoms with van der Waals surface area (Å²) < 4.78 is 11.8. The third-order valence-electron chi connectivity index (χ3n) is 8.02. The van der Waals surface area contributed by atoms with Gasteiger partial charge in [0.05, 0.1) is 11.6 Å². The highest BCUT2D eigenvalue weighted by Gasteiger charge is 2.48. The number of hydrogen-bond donors (Lipinski definition) is 0. The van der Waals surface area contributed by atoms with Gasteiger partial charge in [-0.15, -0.1) is 0 Å². The van der Waals surface area contributed by atoms with Crippen molar-refractivity contribution in [1.82, 2.24) is 0 Å².